The molecule has 1 aliphatic heterocycles. The van der Waals surface area contributed by atoms with Gasteiger partial charge in [0.1, 0.15) is 0 Å². The molecule has 1 heterocycles. The molecule has 1 aliphatic carbocycles. The number of allylic oxidation sites excluding steroid dienone is 1. The summed E-state index contributed by atoms with van der Waals surface area (Å²) in [5.41, 5.74) is 0.792. The van der Waals surface area contributed by atoms with Crippen LogP contribution in [0.15, 0.2) is 54.7 Å². The van der Waals surface area contributed by atoms with Gasteiger partial charge in [-0.25, -0.2) is 0 Å². The number of ketones is 1. The summed E-state index contributed by atoms with van der Waals surface area (Å²) in [6, 6.07) is 14.8. The highest BCUT2D eigenvalue weighted by molar-refractivity contribution is 6.13. The van der Waals surface area contributed by atoms with Crippen LogP contribution in [-0.2, 0) is 0 Å². The third kappa shape index (κ3) is 3.83. The van der Waals surface area contributed by atoms with E-state index in [4.69, 9.17) is 0 Å². The first-order valence-electron chi connectivity index (χ1n) is 10.00. The van der Waals surface area contributed by atoms with Crippen LogP contribution >= 0.6 is 0 Å². The Morgan fingerprint density at radius 3 is 2.42 bits per heavy atom. The van der Waals surface area contributed by atoms with Crippen molar-refractivity contribution in [3.63, 3.8) is 0 Å². The summed E-state index contributed by atoms with van der Waals surface area (Å²) in [7, 11) is 0. The SMILES string of the molecule is O=C(C=CN1CCN(C2CCCCC2)CC1)c1cccc2ccccc12. The molecule has 0 radical (unpaired) electrons. The van der Waals surface area contributed by atoms with E-state index in [0.29, 0.717) is 0 Å². The number of fused-ring (bicyclic) bond motifs is 1. The molecule has 0 N–H and O–H groups in total. The molecule has 0 bridgehead atoms. The molecule has 0 atom stereocenters. The summed E-state index contributed by atoms with van der Waals surface area (Å²) < 4.78 is 0. The van der Waals surface area contributed by atoms with Gasteiger partial charge in [-0.3, -0.25) is 9.69 Å². The van der Waals surface area contributed by atoms with Crippen molar-refractivity contribution in [2.75, 3.05) is 26.2 Å². The fourth-order valence-corrected chi connectivity index (χ4v) is 4.40. The van der Waals surface area contributed by atoms with Crippen LogP contribution in [0.25, 0.3) is 10.8 Å². The Labute approximate surface area is 156 Å². The van der Waals surface area contributed by atoms with E-state index in [1.807, 2.05) is 36.5 Å². The van der Waals surface area contributed by atoms with Crippen LogP contribution in [0, 0.1) is 0 Å². The molecule has 2 aromatic carbocycles. The molecule has 136 valence electrons. The van der Waals surface area contributed by atoms with Gasteiger partial charge in [-0.05, 0) is 23.6 Å². The Balaban J connectivity index is 1.37. The highest BCUT2D eigenvalue weighted by Gasteiger charge is 2.24. The second kappa shape index (κ2) is 8.05. The third-order valence-electron chi connectivity index (χ3n) is 5.93. The Morgan fingerprint density at radius 1 is 0.885 bits per heavy atom. The van der Waals surface area contributed by atoms with Gasteiger partial charge in [0.2, 0.25) is 0 Å². The molecule has 2 aromatic rings. The van der Waals surface area contributed by atoms with E-state index in [1.165, 1.54) is 32.1 Å². The zero-order valence-corrected chi connectivity index (χ0v) is 15.4. The summed E-state index contributed by atoms with van der Waals surface area (Å²) in [6.07, 6.45) is 10.7. The van der Waals surface area contributed by atoms with Crippen LogP contribution in [0.3, 0.4) is 0 Å². The van der Waals surface area contributed by atoms with Crippen LogP contribution in [0.4, 0.5) is 0 Å². The first-order chi connectivity index (χ1) is 12.8. The number of piperazine rings is 1. The number of hydrogen-bond acceptors (Lipinski definition) is 3. The van der Waals surface area contributed by atoms with E-state index in [2.05, 4.69) is 21.9 Å². The maximum absolute atomic E-state index is 12.7. The Kier molecular flexibility index (Phi) is 5.35. The lowest BCUT2D eigenvalue weighted by Crippen LogP contribution is -2.49. The van der Waals surface area contributed by atoms with Gasteiger partial charge in [0, 0.05) is 50.1 Å². The summed E-state index contributed by atoms with van der Waals surface area (Å²) in [5.74, 6) is 0.0940. The molecule has 3 nitrogen and oxygen atoms in total. The summed E-state index contributed by atoms with van der Waals surface area (Å²) >= 11 is 0. The van der Waals surface area contributed by atoms with Gasteiger partial charge in [-0.15, -0.1) is 0 Å². The first-order valence-corrected chi connectivity index (χ1v) is 10.00. The maximum atomic E-state index is 12.7. The van der Waals surface area contributed by atoms with Gasteiger partial charge in [0.15, 0.2) is 5.78 Å². The van der Waals surface area contributed by atoms with E-state index >= 15 is 0 Å². The van der Waals surface area contributed by atoms with Gasteiger partial charge in [0.05, 0.1) is 0 Å². The number of rotatable bonds is 4. The van der Waals surface area contributed by atoms with Crippen molar-refractivity contribution in [2.24, 2.45) is 0 Å². The average molecular weight is 348 g/mol. The summed E-state index contributed by atoms with van der Waals surface area (Å²) in [4.78, 5) is 17.6. The van der Waals surface area contributed by atoms with Crippen LogP contribution in [0.5, 0.6) is 0 Å². The fourth-order valence-electron chi connectivity index (χ4n) is 4.40. The topological polar surface area (TPSA) is 23.6 Å². The molecule has 2 fully saturated rings. The molecular weight excluding hydrogens is 320 g/mol. The van der Waals surface area contributed by atoms with Crippen LogP contribution < -0.4 is 0 Å². The van der Waals surface area contributed by atoms with Crippen molar-refractivity contribution >= 4 is 16.6 Å². The van der Waals surface area contributed by atoms with E-state index in [1.54, 1.807) is 6.08 Å². The normalized spacial score (nSPS) is 20.1. The van der Waals surface area contributed by atoms with Crippen molar-refractivity contribution in [2.45, 2.75) is 38.1 Å². The Hall–Kier alpha value is -2.13. The van der Waals surface area contributed by atoms with E-state index < -0.39 is 0 Å². The lowest BCUT2D eigenvalue weighted by Gasteiger charge is -2.40. The molecule has 26 heavy (non-hydrogen) atoms. The minimum atomic E-state index is 0.0940. The number of carbonyl (C=O) groups excluding carboxylic acids is 1. The highest BCUT2D eigenvalue weighted by atomic mass is 16.1. The monoisotopic (exact) mass is 348 g/mol. The Morgan fingerprint density at radius 2 is 1.62 bits per heavy atom. The predicted molar refractivity (Wildman–Crippen MR) is 107 cm³/mol. The molecule has 1 saturated carbocycles. The minimum Gasteiger partial charge on any atom is -0.375 e. The second-order valence-electron chi connectivity index (χ2n) is 7.57. The van der Waals surface area contributed by atoms with Gasteiger partial charge in [-0.1, -0.05) is 61.7 Å². The van der Waals surface area contributed by atoms with Crippen molar-refractivity contribution in [3.8, 4) is 0 Å². The lowest BCUT2D eigenvalue weighted by atomic mass is 9.94. The average Bonchev–Trinajstić information content (AvgIpc) is 2.72. The quantitative estimate of drug-likeness (QED) is 0.601. The Bertz CT molecular complexity index is 778. The molecule has 2 aliphatic rings. The maximum Gasteiger partial charge on any atom is 0.187 e. The molecule has 0 unspecified atom stereocenters. The molecule has 0 amide bonds. The molecule has 4 rings (SSSR count). The minimum absolute atomic E-state index is 0.0940. The molecule has 3 heteroatoms. The molecular formula is C23H28N2O. The molecule has 1 saturated heterocycles. The van der Waals surface area contributed by atoms with Gasteiger partial charge in [0.25, 0.3) is 0 Å². The van der Waals surface area contributed by atoms with E-state index in [0.717, 1.165) is 48.6 Å². The molecule has 0 spiro atoms. The third-order valence-corrected chi connectivity index (χ3v) is 5.93. The number of hydrogen-bond donors (Lipinski definition) is 0. The van der Waals surface area contributed by atoms with E-state index in [-0.39, 0.29) is 5.78 Å². The largest absolute Gasteiger partial charge is 0.375 e. The van der Waals surface area contributed by atoms with Gasteiger partial charge >= 0.3 is 0 Å². The summed E-state index contributed by atoms with van der Waals surface area (Å²) in [6.45, 7) is 4.29. The lowest BCUT2D eigenvalue weighted by molar-refractivity contribution is 0.0978. The first kappa shape index (κ1) is 17.3. The van der Waals surface area contributed by atoms with Crippen LogP contribution in [0.1, 0.15) is 42.5 Å². The predicted octanol–water partition coefficient (Wildman–Crippen LogP) is 4.49. The van der Waals surface area contributed by atoms with Crippen molar-refractivity contribution in [1.29, 1.82) is 0 Å². The smallest absolute Gasteiger partial charge is 0.187 e. The highest BCUT2D eigenvalue weighted by Crippen LogP contribution is 2.23. The fraction of sp³-hybridized carbons (Fsp3) is 0.435. The van der Waals surface area contributed by atoms with E-state index in [9.17, 15) is 4.79 Å². The molecule has 0 aromatic heterocycles. The van der Waals surface area contributed by atoms with Crippen molar-refractivity contribution in [1.82, 2.24) is 9.80 Å². The van der Waals surface area contributed by atoms with Gasteiger partial charge < -0.3 is 4.90 Å². The standard InChI is InChI=1S/C23H28N2O/c26-23(22-12-6-8-19-7-4-5-11-21(19)22)13-14-24-15-17-25(18-16-24)20-9-2-1-3-10-20/h4-8,11-14,20H,1-3,9-10,15-18H2. The number of carbonyl (C=O) groups is 1. The van der Waals surface area contributed by atoms with Crippen molar-refractivity contribution < 1.29 is 4.79 Å². The zero-order valence-electron chi connectivity index (χ0n) is 15.4. The summed E-state index contributed by atoms with van der Waals surface area (Å²) in [5, 5.41) is 2.15. The number of benzene rings is 2. The van der Waals surface area contributed by atoms with Crippen molar-refractivity contribution in [3.05, 3.63) is 60.3 Å². The van der Waals surface area contributed by atoms with Crippen LogP contribution in [0.2, 0.25) is 0 Å². The zero-order chi connectivity index (χ0) is 17.8. The number of nitrogens with zero attached hydrogens (tertiary/aromatic N) is 2. The van der Waals surface area contributed by atoms with Crippen LogP contribution in [-0.4, -0.2) is 47.8 Å². The second-order valence-corrected chi connectivity index (χ2v) is 7.57. The van der Waals surface area contributed by atoms with Gasteiger partial charge in [-0.2, -0.15) is 0 Å².